The molecule has 2 N–H and O–H groups in total. The molecule has 9 nitrogen and oxygen atoms in total. The monoisotopic (exact) mass is 624 g/mol. The number of benzene rings is 4. The van der Waals surface area contributed by atoms with Crippen LogP contribution in [0.3, 0.4) is 0 Å². The van der Waals surface area contributed by atoms with Gasteiger partial charge in [-0.2, -0.15) is 5.10 Å². The van der Waals surface area contributed by atoms with Gasteiger partial charge in [-0.3, -0.25) is 13.9 Å². The zero-order valence-corrected chi connectivity index (χ0v) is 24.7. The van der Waals surface area contributed by atoms with E-state index >= 15 is 0 Å². The number of para-hydroxylation sites is 1. The van der Waals surface area contributed by atoms with E-state index in [1.165, 1.54) is 24.4 Å². The lowest BCUT2D eigenvalue weighted by molar-refractivity contribution is -0.119. The molecule has 0 aliphatic rings. The van der Waals surface area contributed by atoms with Crippen LogP contribution in [0.2, 0.25) is 10.0 Å². The molecule has 0 unspecified atom stereocenters. The fourth-order valence-electron chi connectivity index (χ4n) is 3.76. The largest absolute Gasteiger partial charge is 0.484 e. The third-order valence-electron chi connectivity index (χ3n) is 5.86. The minimum Gasteiger partial charge on any atom is -0.484 e. The Morgan fingerprint density at radius 3 is 2.31 bits per heavy atom. The molecule has 0 aromatic heterocycles. The summed E-state index contributed by atoms with van der Waals surface area (Å²) >= 11 is 12.2. The Morgan fingerprint density at radius 2 is 1.60 bits per heavy atom. The van der Waals surface area contributed by atoms with Gasteiger partial charge in [0.15, 0.2) is 6.61 Å². The highest BCUT2D eigenvalue weighted by molar-refractivity contribution is 7.92. The van der Waals surface area contributed by atoms with E-state index in [-0.39, 0.29) is 23.1 Å². The number of hydrogen-bond acceptors (Lipinski definition) is 6. The second-order valence-electron chi connectivity index (χ2n) is 8.93. The Balaban J connectivity index is 1.37. The quantitative estimate of drug-likeness (QED) is 0.165. The first-order chi connectivity index (χ1) is 20.1. The Hall–Kier alpha value is -4.38. The van der Waals surface area contributed by atoms with Crippen molar-refractivity contribution in [1.82, 2.24) is 5.43 Å². The second kappa shape index (κ2) is 14.0. The average Bonchev–Trinajstić information content (AvgIpc) is 2.98. The van der Waals surface area contributed by atoms with Gasteiger partial charge < -0.3 is 10.1 Å². The molecule has 4 aromatic carbocycles. The van der Waals surface area contributed by atoms with Gasteiger partial charge in [0.1, 0.15) is 12.3 Å². The van der Waals surface area contributed by atoms with Crippen molar-refractivity contribution in [2.45, 2.75) is 11.8 Å². The number of hydrazone groups is 1. The van der Waals surface area contributed by atoms with Gasteiger partial charge in [0.2, 0.25) is 0 Å². The van der Waals surface area contributed by atoms with Gasteiger partial charge in [0.25, 0.3) is 21.8 Å². The predicted octanol–water partition coefficient (Wildman–Crippen LogP) is 5.66. The molecule has 0 saturated carbocycles. The highest BCUT2D eigenvalue weighted by Crippen LogP contribution is 2.29. The standard InChI is InChI=1S/C30H26Cl2N4O5S/c1-21-11-14-23(31)17-28(21)36(42(39,40)25-7-3-2-4-8-25)19-29(37)35-33-18-22-12-15-24(16-13-22)41-20-30(38)34-27-10-6-5-9-26(27)32/h2-18H,19-20H2,1H3,(H,34,38)(H,35,37)/b33-18-. The Bertz CT molecular complexity index is 1700. The number of nitrogens with one attached hydrogen (secondary N) is 2. The van der Waals surface area contributed by atoms with Crippen molar-refractivity contribution >= 4 is 62.6 Å². The Labute approximate surface area is 253 Å². The average molecular weight is 626 g/mol. The normalized spacial score (nSPS) is 11.2. The van der Waals surface area contributed by atoms with Gasteiger partial charge in [-0.05, 0) is 78.7 Å². The van der Waals surface area contributed by atoms with Crippen LogP contribution in [0, 0.1) is 6.92 Å². The van der Waals surface area contributed by atoms with Crippen LogP contribution in [0.25, 0.3) is 0 Å². The maximum Gasteiger partial charge on any atom is 0.264 e. The van der Waals surface area contributed by atoms with E-state index in [9.17, 15) is 18.0 Å². The molecule has 4 aromatic rings. The molecular formula is C30H26Cl2N4O5S. The molecule has 0 fully saturated rings. The predicted molar refractivity (Wildman–Crippen MR) is 165 cm³/mol. The van der Waals surface area contributed by atoms with E-state index in [1.54, 1.807) is 85.8 Å². The number of nitrogens with zero attached hydrogens (tertiary/aromatic N) is 2. The number of amides is 2. The number of anilines is 2. The first-order valence-corrected chi connectivity index (χ1v) is 14.8. The number of ether oxygens (including phenoxy) is 1. The molecule has 0 bridgehead atoms. The lowest BCUT2D eigenvalue weighted by Gasteiger charge is -2.25. The van der Waals surface area contributed by atoms with Crippen LogP contribution in [0.15, 0.2) is 107 Å². The first kappa shape index (κ1) is 30.6. The van der Waals surface area contributed by atoms with Gasteiger partial charge >= 0.3 is 0 Å². The fraction of sp³-hybridized carbons (Fsp3) is 0.100. The molecule has 12 heteroatoms. The number of halogens is 2. The van der Waals surface area contributed by atoms with Crippen LogP contribution < -0.4 is 19.8 Å². The molecule has 216 valence electrons. The lowest BCUT2D eigenvalue weighted by Crippen LogP contribution is -2.40. The third kappa shape index (κ3) is 8.10. The molecule has 0 spiro atoms. The van der Waals surface area contributed by atoms with Crippen LogP contribution in [-0.2, 0) is 19.6 Å². The molecule has 4 rings (SSSR count). The van der Waals surface area contributed by atoms with E-state index in [0.717, 1.165) is 4.31 Å². The molecule has 42 heavy (non-hydrogen) atoms. The van der Waals surface area contributed by atoms with Gasteiger partial charge in [0.05, 0.1) is 27.5 Å². The van der Waals surface area contributed by atoms with E-state index in [4.69, 9.17) is 27.9 Å². The van der Waals surface area contributed by atoms with Gasteiger partial charge in [-0.15, -0.1) is 0 Å². The molecule has 0 aliphatic carbocycles. The maximum atomic E-state index is 13.5. The van der Waals surface area contributed by atoms with E-state index < -0.39 is 22.5 Å². The molecule has 0 saturated heterocycles. The van der Waals surface area contributed by atoms with E-state index in [0.29, 0.717) is 32.6 Å². The van der Waals surface area contributed by atoms with Crippen LogP contribution in [0.1, 0.15) is 11.1 Å². The number of sulfonamides is 1. The van der Waals surface area contributed by atoms with Crippen molar-refractivity contribution < 1.29 is 22.7 Å². The summed E-state index contributed by atoms with van der Waals surface area (Å²) in [5.74, 6) is -0.577. The topological polar surface area (TPSA) is 117 Å². The molecule has 0 atom stereocenters. The first-order valence-electron chi connectivity index (χ1n) is 12.6. The van der Waals surface area contributed by atoms with Crippen molar-refractivity contribution in [3.8, 4) is 5.75 Å². The highest BCUT2D eigenvalue weighted by Gasteiger charge is 2.28. The fourth-order valence-corrected chi connectivity index (χ4v) is 5.61. The summed E-state index contributed by atoms with van der Waals surface area (Å²) in [5, 5.41) is 7.38. The highest BCUT2D eigenvalue weighted by atomic mass is 35.5. The zero-order chi connectivity index (χ0) is 30.1. The van der Waals surface area contributed by atoms with Crippen LogP contribution in [0.4, 0.5) is 11.4 Å². The number of hydrogen-bond donors (Lipinski definition) is 2. The van der Waals surface area contributed by atoms with Gasteiger partial charge in [-0.25, -0.2) is 13.8 Å². The number of aryl methyl sites for hydroxylation is 1. The summed E-state index contributed by atoms with van der Waals surface area (Å²) < 4.78 is 33.5. The summed E-state index contributed by atoms with van der Waals surface area (Å²) in [6.45, 7) is 0.982. The third-order valence-corrected chi connectivity index (χ3v) is 8.20. The lowest BCUT2D eigenvalue weighted by atomic mass is 10.2. The maximum absolute atomic E-state index is 13.5. The van der Waals surface area contributed by atoms with Gasteiger partial charge in [-0.1, -0.05) is 59.6 Å². The molecule has 0 heterocycles. The number of carbonyl (C=O) groups is 2. The summed E-state index contributed by atoms with van der Waals surface area (Å²) in [6, 6.07) is 26.2. The smallest absolute Gasteiger partial charge is 0.264 e. The van der Waals surface area contributed by atoms with E-state index in [2.05, 4.69) is 15.8 Å². The minimum absolute atomic E-state index is 0.0318. The van der Waals surface area contributed by atoms with Crippen LogP contribution >= 0.6 is 23.2 Å². The van der Waals surface area contributed by atoms with Crippen molar-refractivity contribution in [3.05, 3.63) is 118 Å². The second-order valence-corrected chi connectivity index (χ2v) is 11.6. The van der Waals surface area contributed by atoms with Crippen molar-refractivity contribution in [3.63, 3.8) is 0 Å². The Morgan fingerprint density at radius 1 is 0.905 bits per heavy atom. The summed E-state index contributed by atoms with van der Waals surface area (Å²) in [5.41, 5.74) is 4.39. The SMILES string of the molecule is Cc1ccc(Cl)cc1N(CC(=O)N/N=C\c1ccc(OCC(=O)Nc2ccccc2Cl)cc1)S(=O)(=O)c1ccccc1. The van der Waals surface area contributed by atoms with Crippen molar-refractivity contribution in [2.75, 3.05) is 22.8 Å². The molecular weight excluding hydrogens is 599 g/mol. The van der Waals surface area contributed by atoms with Crippen LogP contribution in [0.5, 0.6) is 5.75 Å². The van der Waals surface area contributed by atoms with Gasteiger partial charge in [0, 0.05) is 5.02 Å². The molecule has 0 aliphatic heterocycles. The van der Waals surface area contributed by atoms with Crippen LogP contribution in [-0.4, -0.2) is 39.6 Å². The summed E-state index contributed by atoms with van der Waals surface area (Å²) in [7, 11) is -4.09. The zero-order valence-electron chi connectivity index (χ0n) is 22.3. The molecule has 0 radical (unpaired) electrons. The van der Waals surface area contributed by atoms with E-state index in [1.807, 2.05) is 0 Å². The number of rotatable bonds is 11. The molecule has 2 amide bonds. The Kier molecular flexibility index (Phi) is 10.2. The number of carbonyl (C=O) groups excluding carboxylic acids is 2. The summed E-state index contributed by atoms with van der Waals surface area (Å²) in [6.07, 6.45) is 1.40. The van der Waals surface area contributed by atoms with Crippen molar-refractivity contribution in [1.29, 1.82) is 0 Å². The summed E-state index contributed by atoms with van der Waals surface area (Å²) in [4.78, 5) is 25.0. The minimum atomic E-state index is -4.09. The van der Waals surface area contributed by atoms with Crippen molar-refractivity contribution in [2.24, 2.45) is 5.10 Å².